The van der Waals surface area contributed by atoms with Crippen molar-refractivity contribution in [3.05, 3.63) is 12.1 Å². The third-order valence-corrected chi connectivity index (χ3v) is 4.29. The van der Waals surface area contributed by atoms with Gasteiger partial charge < -0.3 is 19.5 Å². The average molecular weight is 377 g/mol. The Morgan fingerprint density at radius 2 is 1.93 bits per heavy atom. The van der Waals surface area contributed by atoms with E-state index >= 15 is 0 Å². The number of ether oxygens (including phenoxy) is 2. The van der Waals surface area contributed by atoms with E-state index in [1.165, 1.54) is 0 Å². The van der Waals surface area contributed by atoms with Crippen molar-refractivity contribution in [1.82, 2.24) is 4.90 Å². The van der Waals surface area contributed by atoms with E-state index in [2.05, 4.69) is 28.6 Å². The molecular formula is C20H31N3O4. The van der Waals surface area contributed by atoms with Crippen LogP contribution in [0.4, 0.5) is 11.4 Å². The predicted molar refractivity (Wildman–Crippen MR) is 108 cm³/mol. The van der Waals surface area contributed by atoms with E-state index in [0.717, 1.165) is 44.6 Å². The number of esters is 1. The maximum atomic E-state index is 11.5. The Morgan fingerprint density at radius 1 is 1.22 bits per heavy atom. The molecule has 2 rings (SSSR count). The molecule has 0 aromatic heterocycles. The van der Waals surface area contributed by atoms with E-state index < -0.39 is 5.97 Å². The minimum absolute atomic E-state index is 0.0129. The van der Waals surface area contributed by atoms with Gasteiger partial charge in [-0.3, -0.25) is 4.90 Å². The first-order valence-corrected chi connectivity index (χ1v) is 9.62. The number of carbonyl (C=O) groups is 1. The van der Waals surface area contributed by atoms with Crippen LogP contribution in [0.15, 0.2) is 17.1 Å². The van der Waals surface area contributed by atoms with Gasteiger partial charge in [-0.25, -0.2) is 9.79 Å². The summed E-state index contributed by atoms with van der Waals surface area (Å²) in [6.07, 6.45) is 1.06. The fraction of sp³-hybridized carbons (Fsp3) is 0.600. The standard InChI is InChI=1S/C20H31N3O4/c1-5-26-18-12-16(23-9-7-22(8-10-23)14-15(3)4)11-17(24)20(18)21-13-19(25)27-6-2/h11-13,15,24H,5-10,14H2,1-4H3. The average Bonchev–Trinajstić information content (AvgIpc) is 2.61. The second kappa shape index (κ2) is 10.2. The van der Waals surface area contributed by atoms with Gasteiger partial charge in [-0.1, -0.05) is 13.8 Å². The summed E-state index contributed by atoms with van der Waals surface area (Å²) in [5.41, 5.74) is 1.14. The van der Waals surface area contributed by atoms with Crippen LogP contribution in [0.2, 0.25) is 0 Å². The van der Waals surface area contributed by atoms with E-state index in [9.17, 15) is 9.90 Å². The summed E-state index contributed by atoms with van der Waals surface area (Å²) < 4.78 is 10.5. The highest BCUT2D eigenvalue weighted by atomic mass is 16.5. The van der Waals surface area contributed by atoms with Gasteiger partial charge in [0.25, 0.3) is 0 Å². The highest BCUT2D eigenvalue weighted by Crippen LogP contribution is 2.41. The molecule has 0 radical (unpaired) electrons. The van der Waals surface area contributed by atoms with Crippen molar-refractivity contribution >= 4 is 23.6 Å². The summed E-state index contributed by atoms with van der Waals surface area (Å²) in [6.45, 7) is 13.6. The van der Waals surface area contributed by atoms with E-state index in [0.29, 0.717) is 18.3 Å². The largest absolute Gasteiger partial charge is 0.505 e. The lowest BCUT2D eigenvalue weighted by Gasteiger charge is -2.37. The minimum Gasteiger partial charge on any atom is -0.505 e. The first-order chi connectivity index (χ1) is 12.9. The Balaban J connectivity index is 2.16. The summed E-state index contributed by atoms with van der Waals surface area (Å²) in [5, 5.41) is 10.5. The molecule has 1 aromatic rings. The van der Waals surface area contributed by atoms with Gasteiger partial charge in [-0.05, 0) is 19.8 Å². The van der Waals surface area contributed by atoms with Crippen molar-refractivity contribution in [2.24, 2.45) is 10.9 Å². The topological polar surface area (TPSA) is 74.6 Å². The third kappa shape index (κ3) is 6.13. The number of benzene rings is 1. The van der Waals surface area contributed by atoms with Crippen molar-refractivity contribution in [2.45, 2.75) is 27.7 Å². The molecule has 1 aliphatic rings. The van der Waals surface area contributed by atoms with Crippen LogP contribution in [0, 0.1) is 5.92 Å². The van der Waals surface area contributed by atoms with Crippen LogP contribution in [0.3, 0.4) is 0 Å². The smallest absolute Gasteiger partial charge is 0.349 e. The zero-order valence-corrected chi connectivity index (χ0v) is 16.8. The Bertz CT molecular complexity index is 653. The number of aliphatic imine (C=N–C) groups is 1. The number of anilines is 1. The summed E-state index contributed by atoms with van der Waals surface area (Å²) in [5.74, 6) is 0.546. The van der Waals surface area contributed by atoms with Crippen molar-refractivity contribution in [3.63, 3.8) is 0 Å². The van der Waals surface area contributed by atoms with Crippen LogP contribution in [-0.2, 0) is 9.53 Å². The molecule has 0 bridgehead atoms. The van der Waals surface area contributed by atoms with Crippen molar-refractivity contribution in [1.29, 1.82) is 0 Å². The maximum absolute atomic E-state index is 11.5. The van der Waals surface area contributed by atoms with Gasteiger partial charge in [-0.15, -0.1) is 0 Å². The number of phenols is 1. The summed E-state index contributed by atoms with van der Waals surface area (Å²) in [6, 6.07) is 3.55. The highest BCUT2D eigenvalue weighted by molar-refractivity contribution is 6.23. The fourth-order valence-electron chi connectivity index (χ4n) is 3.16. The number of rotatable bonds is 8. The minimum atomic E-state index is -0.551. The Hall–Kier alpha value is -2.28. The predicted octanol–water partition coefficient (Wildman–Crippen LogP) is 2.83. The molecule has 0 spiro atoms. The molecule has 0 aliphatic carbocycles. The zero-order valence-electron chi connectivity index (χ0n) is 16.8. The molecule has 150 valence electrons. The maximum Gasteiger partial charge on any atom is 0.349 e. The van der Waals surface area contributed by atoms with Crippen LogP contribution in [-0.4, -0.2) is 68.1 Å². The first kappa shape index (κ1) is 21.0. The molecular weight excluding hydrogens is 346 g/mol. The lowest BCUT2D eigenvalue weighted by Crippen LogP contribution is -2.47. The van der Waals surface area contributed by atoms with Gasteiger partial charge in [0, 0.05) is 50.5 Å². The SMILES string of the molecule is CCOC(=O)C=Nc1c(O)cc(N2CCN(CC(C)C)CC2)cc1OCC. The molecule has 0 saturated carbocycles. The van der Waals surface area contributed by atoms with Gasteiger partial charge in [0.1, 0.15) is 17.7 Å². The van der Waals surface area contributed by atoms with Crippen LogP contribution >= 0.6 is 0 Å². The van der Waals surface area contributed by atoms with Gasteiger partial charge in [0.15, 0.2) is 5.75 Å². The van der Waals surface area contributed by atoms with Crippen molar-refractivity contribution < 1.29 is 19.4 Å². The number of phenolic OH excluding ortho intramolecular Hbond substituents is 1. The third-order valence-electron chi connectivity index (χ3n) is 4.29. The van der Waals surface area contributed by atoms with Gasteiger partial charge in [0.2, 0.25) is 0 Å². The number of hydrogen-bond acceptors (Lipinski definition) is 7. The lowest BCUT2D eigenvalue weighted by molar-refractivity contribution is -0.134. The molecule has 27 heavy (non-hydrogen) atoms. The van der Waals surface area contributed by atoms with Gasteiger partial charge in [-0.2, -0.15) is 0 Å². The molecule has 7 nitrogen and oxygen atoms in total. The lowest BCUT2D eigenvalue weighted by atomic mass is 10.1. The number of carbonyl (C=O) groups excluding carboxylic acids is 1. The Kier molecular flexibility index (Phi) is 7.91. The van der Waals surface area contributed by atoms with E-state index in [1.54, 1.807) is 13.0 Å². The normalized spacial score (nSPS) is 15.5. The molecule has 1 fully saturated rings. The quantitative estimate of drug-likeness (QED) is 0.555. The zero-order chi connectivity index (χ0) is 19.8. The first-order valence-electron chi connectivity index (χ1n) is 9.62. The molecule has 0 amide bonds. The second-order valence-corrected chi connectivity index (χ2v) is 6.94. The highest BCUT2D eigenvalue weighted by Gasteiger charge is 2.20. The Labute approximate surface area is 161 Å². The van der Waals surface area contributed by atoms with E-state index in [1.807, 2.05) is 13.0 Å². The van der Waals surface area contributed by atoms with Crippen LogP contribution in [0.1, 0.15) is 27.7 Å². The number of aromatic hydroxyl groups is 1. The molecule has 1 saturated heterocycles. The van der Waals surface area contributed by atoms with Crippen LogP contribution in [0.25, 0.3) is 0 Å². The van der Waals surface area contributed by atoms with Crippen molar-refractivity contribution in [2.75, 3.05) is 50.8 Å². The molecule has 0 unspecified atom stereocenters. The Morgan fingerprint density at radius 3 is 2.52 bits per heavy atom. The number of hydrogen-bond donors (Lipinski definition) is 1. The van der Waals surface area contributed by atoms with Gasteiger partial charge in [0.05, 0.1) is 13.2 Å². The summed E-state index contributed by atoms with van der Waals surface area (Å²) >= 11 is 0. The molecule has 7 heteroatoms. The second-order valence-electron chi connectivity index (χ2n) is 6.94. The molecule has 0 atom stereocenters. The molecule has 1 heterocycles. The van der Waals surface area contributed by atoms with Crippen LogP contribution in [0.5, 0.6) is 11.5 Å². The monoisotopic (exact) mass is 377 g/mol. The summed E-state index contributed by atoms with van der Waals surface area (Å²) in [7, 11) is 0. The van der Waals surface area contributed by atoms with Crippen molar-refractivity contribution in [3.8, 4) is 11.5 Å². The molecule has 1 aliphatic heterocycles. The molecule has 1 N–H and O–H groups in total. The molecule has 1 aromatic carbocycles. The summed E-state index contributed by atoms with van der Waals surface area (Å²) in [4.78, 5) is 20.3. The van der Waals surface area contributed by atoms with E-state index in [-0.39, 0.29) is 18.0 Å². The fourth-order valence-corrected chi connectivity index (χ4v) is 3.16. The number of nitrogens with zero attached hydrogens (tertiary/aromatic N) is 3. The number of piperazine rings is 1. The van der Waals surface area contributed by atoms with Gasteiger partial charge >= 0.3 is 5.97 Å². The van der Waals surface area contributed by atoms with Crippen LogP contribution < -0.4 is 9.64 Å². The van der Waals surface area contributed by atoms with E-state index in [4.69, 9.17) is 9.47 Å².